The molecule has 0 aromatic heterocycles. The van der Waals surface area contributed by atoms with Crippen molar-refractivity contribution in [2.75, 3.05) is 0 Å². The van der Waals surface area contributed by atoms with Gasteiger partial charge in [0.25, 0.3) is 0 Å². The fraction of sp³-hybridized carbons (Fsp3) is 0.278. The second kappa shape index (κ2) is 13.3. The number of hydrogen-bond acceptors (Lipinski definition) is 1. The maximum atomic E-state index is 15.1. The highest BCUT2D eigenvalue weighted by Gasteiger charge is 2.41. The van der Waals surface area contributed by atoms with Gasteiger partial charge in [0.1, 0.15) is 28.8 Å². The molecule has 230 valence electrons. The van der Waals surface area contributed by atoms with E-state index in [0.29, 0.717) is 22.6 Å². The largest absolute Gasteiger partial charge is 0.432 e. The van der Waals surface area contributed by atoms with Crippen molar-refractivity contribution in [1.82, 2.24) is 0 Å². The van der Waals surface area contributed by atoms with Crippen molar-refractivity contribution in [3.63, 3.8) is 0 Å². The van der Waals surface area contributed by atoms with Gasteiger partial charge in [-0.05, 0) is 122 Å². The molecule has 0 amide bonds. The fourth-order valence-corrected chi connectivity index (χ4v) is 5.90. The Morgan fingerprint density at radius 2 is 1.30 bits per heavy atom. The Bertz CT molecular complexity index is 1610. The molecule has 0 bridgehead atoms. The number of halogens is 7. The van der Waals surface area contributed by atoms with Crippen LogP contribution in [0.4, 0.5) is 30.7 Å². The van der Waals surface area contributed by atoms with Gasteiger partial charge in [-0.3, -0.25) is 0 Å². The molecule has 0 N–H and O–H groups in total. The molecular formula is C36H31F7O. The summed E-state index contributed by atoms with van der Waals surface area (Å²) >= 11 is 0. The maximum Gasteiger partial charge on any atom is 0.432 e. The van der Waals surface area contributed by atoms with Gasteiger partial charge in [0, 0.05) is 5.56 Å². The summed E-state index contributed by atoms with van der Waals surface area (Å²) in [6.07, 6.45) is 5.23. The van der Waals surface area contributed by atoms with Crippen molar-refractivity contribution in [1.29, 1.82) is 0 Å². The minimum Gasteiger partial charge on any atom is -0.429 e. The molecule has 0 atom stereocenters. The zero-order chi connectivity index (χ0) is 31.4. The number of hydrogen-bond donors (Lipinski definition) is 0. The van der Waals surface area contributed by atoms with Gasteiger partial charge >= 0.3 is 6.11 Å². The molecule has 4 aromatic rings. The Balaban J connectivity index is 1.27. The highest BCUT2D eigenvalue weighted by molar-refractivity contribution is 5.71. The smallest absolute Gasteiger partial charge is 0.429 e. The predicted molar refractivity (Wildman–Crippen MR) is 157 cm³/mol. The highest BCUT2D eigenvalue weighted by atomic mass is 19.3. The van der Waals surface area contributed by atoms with Gasteiger partial charge in [-0.15, -0.1) is 0 Å². The molecule has 1 fully saturated rings. The molecule has 8 heteroatoms. The average molecular weight is 613 g/mol. The van der Waals surface area contributed by atoms with E-state index in [2.05, 4.69) is 6.08 Å². The molecule has 4 aromatic carbocycles. The summed E-state index contributed by atoms with van der Waals surface area (Å²) in [7, 11) is 0. The Kier molecular flexibility index (Phi) is 9.47. The fourth-order valence-electron chi connectivity index (χ4n) is 5.90. The number of allylic oxidation sites excluding steroid dienone is 2. The Morgan fingerprint density at radius 1 is 0.682 bits per heavy atom. The van der Waals surface area contributed by atoms with Gasteiger partial charge in [-0.1, -0.05) is 42.5 Å². The van der Waals surface area contributed by atoms with Crippen molar-refractivity contribution >= 4 is 0 Å². The first kappa shape index (κ1) is 31.4. The van der Waals surface area contributed by atoms with E-state index < -0.39 is 40.8 Å². The van der Waals surface area contributed by atoms with E-state index in [0.717, 1.165) is 62.8 Å². The maximum absolute atomic E-state index is 15.1. The Morgan fingerprint density at radius 3 is 1.91 bits per heavy atom. The van der Waals surface area contributed by atoms with E-state index in [1.54, 1.807) is 0 Å². The van der Waals surface area contributed by atoms with Gasteiger partial charge in [0.05, 0.1) is 0 Å². The van der Waals surface area contributed by atoms with Crippen molar-refractivity contribution in [3.8, 4) is 28.0 Å². The SMILES string of the molecule is CC=CCCC1CCC(c2cc(F)c(C(F)(F)Oc3ccc(-c4ccc(-c5ccc(F)c(F)c5)c(F)c4)cc3)c(F)c2)CC1. The summed E-state index contributed by atoms with van der Waals surface area (Å²) in [6.45, 7) is 1.98. The second-order valence-electron chi connectivity index (χ2n) is 11.2. The first-order valence-electron chi connectivity index (χ1n) is 14.6. The van der Waals surface area contributed by atoms with Gasteiger partial charge in [0.2, 0.25) is 0 Å². The monoisotopic (exact) mass is 612 g/mol. The normalized spacial score (nSPS) is 17.3. The van der Waals surface area contributed by atoms with Crippen LogP contribution >= 0.6 is 0 Å². The lowest BCUT2D eigenvalue weighted by Gasteiger charge is -2.29. The van der Waals surface area contributed by atoms with Gasteiger partial charge < -0.3 is 4.74 Å². The molecule has 0 unspecified atom stereocenters. The number of benzene rings is 4. The van der Waals surface area contributed by atoms with Crippen LogP contribution in [0.5, 0.6) is 5.75 Å². The molecule has 1 nitrogen and oxygen atoms in total. The molecule has 0 spiro atoms. The van der Waals surface area contributed by atoms with Gasteiger partial charge in [-0.2, -0.15) is 8.78 Å². The lowest BCUT2D eigenvalue weighted by molar-refractivity contribution is -0.189. The summed E-state index contributed by atoms with van der Waals surface area (Å²) in [6, 6.07) is 14.3. The van der Waals surface area contributed by atoms with Crippen LogP contribution in [0, 0.1) is 35.0 Å². The van der Waals surface area contributed by atoms with Crippen LogP contribution in [0.1, 0.15) is 62.5 Å². The Labute approximate surface area is 252 Å². The zero-order valence-electron chi connectivity index (χ0n) is 24.0. The van der Waals surface area contributed by atoms with Crippen LogP contribution in [-0.2, 0) is 6.11 Å². The van der Waals surface area contributed by atoms with Crippen LogP contribution < -0.4 is 4.74 Å². The van der Waals surface area contributed by atoms with E-state index in [1.807, 2.05) is 13.0 Å². The van der Waals surface area contributed by atoms with Crippen molar-refractivity contribution in [2.24, 2.45) is 5.92 Å². The van der Waals surface area contributed by atoms with E-state index in [9.17, 15) is 22.0 Å². The van der Waals surface area contributed by atoms with Crippen LogP contribution in [-0.4, -0.2) is 0 Å². The van der Waals surface area contributed by atoms with E-state index >= 15 is 8.78 Å². The van der Waals surface area contributed by atoms with Crippen molar-refractivity contribution < 1.29 is 35.5 Å². The summed E-state index contributed by atoms with van der Waals surface area (Å²) in [5.41, 5.74) is -0.0651. The first-order chi connectivity index (χ1) is 21.1. The lowest BCUT2D eigenvalue weighted by Crippen LogP contribution is -2.25. The lowest BCUT2D eigenvalue weighted by atomic mass is 9.77. The molecule has 0 saturated heterocycles. The average Bonchev–Trinajstić information content (AvgIpc) is 2.99. The van der Waals surface area contributed by atoms with E-state index in [-0.39, 0.29) is 22.8 Å². The third-order valence-electron chi connectivity index (χ3n) is 8.28. The standard InChI is InChI=1S/C36H31F7O/c1-2-3-4-5-22-6-8-24(9-7-22)27-20-33(40)35(34(41)21-27)36(42,43)44-28-14-10-23(11-15-28)25-12-16-29(31(38)18-25)26-13-17-30(37)32(39)19-26/h2-3,10-22,24H,4-9H2,1H3. The molecular weight excluding hydrogens is 581 g/mol. The van der Waals surface area contributed by atoms with Crippen LogP contribution in [0.2, 0.25) is 0 Å². The summed E-state index contributed by atoms with van der Waals surface area (Å²) in [5, 5.41) is 0. The van der Waals surface area contributed by atoms with Gasteiger partial charge in [-0.25, -0.2) is 22.0 Å². The molecule has 1 aliphatic rings. The quantitative estimate of drug-likeness (QED) is 0.135. The molecule has 1 saturated carbocycles. The van der Waals surface area contributed by atoms with E-state index in [1.165, 1.54) is 48.5 Å². The third-order valence-corrected chi connectivity index (χ3v) is 8.28. The third kappa shape index (κ3) is 7.01. The predicted octanol–water partition coefficient (Wildman–Crippen LogP) is 11.5. The van der Waals surface area contributed by atoms with Crippen molar-refractivity contribution in [3.05, 3.63) is 125 Å². The number of ether oxygens (including phenoxy) is 1. The number of alkyl halides is 2. The first-order valence-corrected chi connectivity index (χ1v) is 14.6. The topological polar surface area (TPSA) is 9.23 Å². The second-order valence-corrected chi connectivity index (χ2v) is 11.2. The highest BCUT2D eigenvalue weighted by Crippen LogP contribution is 2.41. The zero-order valence-corrected chi connectivity index (χ0v) is 24.0. The van der Waals surface area contributed by atoms with Crippen LogP contribution in [0.15, 0.2) is 84.9 Å². The molecule has 44 heavy (non-hydrogen) atoms. The summed E-state index contributed by atoms with van der Waals surface area (Å²) in [5.74, 6) is -5.49. The minimum atomic E-state index is -4.29. The van der Waals surface area contributed by atoms with E-state index in [4.69, 9.17) is 4.74 Å². The minimum absolute atomic E-state index is 0.0510. The molecule has 1 aliphatic carbocycles. The molecule has 0 aliphatic heterocycles. The molecule has 0 radical (unpaired) electrons. The van der Waals surface area contributed by atoms with Crippen molar-refractivity contribution in [2.45, 2.75) is 57.5 Å². The van der Waals surface area contributed by atoms with Gasteiger partial charge in [0.15, 0.2) is 11.6 Å². The summed E-state index contributed by atoms with van der Waals surface area (Å²) in [4.78, 5) is 0. The molecule has 0 heterocycles. The Hall–Kier alpha value is -4.07. The summed E-state index contributed by atoms with van der Waals surface area (Å²) < 4.78 is 107. The molecule has 5 rings (SSSR count). The van der Waals surface area contributed by atoms with Crippen LogP contribution in [0.3, 0.4) is 0 Å². The van der Waals surface area contributed by atoms with Crippen LogP contribution in [0.25, 0.3) is 22.3 Å². The number of rotatable bonds is 9.